The van der Waals surface area contributed by atoms with E-state index in [-0.39, 0.29) is 16.9 Å². The standard InChI is InChI=1S/C12H14Cl2FNO/c1-7(2)10(14)6-16-12(17)9-5-8(13)3-4-11(9)15/h3-5,7,10H,6H2,1-2H3,(H,16,17). The van der Waals surface area contributed by atoms with Crippen LogP contribution in [-0.4, -0.2) is 17.8 Å². The van der Waals surface area contributed by atoms with Crippen LogP contribution in [0.4, 0.5) is 4.39 Å². The molecule has 1 amide bonds. The second-order valence-electron chi connectivity index (χ2n) is 4.09. The molecule has 17 heavy (non-hydrogen) atoms. The van der Waals surface area contributed by atoms with Gasteiger partial charge in [0.25, 0.3) is 5.91 Å². The van der Waals surface area contributed by atoms with E-state index in [2.05, 4.69) is 5.32 Å². The van der Waals surface area contributed by atoms with Crippen LogP contribution >= 0.6 is 23.2 Å². The second-order valence-corrected chi connectivity index (χ2v) is 5.09. The first-order valence-corrected chi connectivity index (χ1v) is 6.10. The highest BCUT2D eigenvalue weighted by Crippen LogP contribution is 2.15. The Morgan fingerprint density at radius 1 is 1.47 bits per heavy atom. The molecule has 0 bridgehead atoms. The van der Waals surface area contributed by atoms with Gasteiger partial charge in [0.15, 0.2) is 0 Å². The molecule has 0 aliphatic heterocycles. The van der Waals surface area contributed by atoms with Crippen molar-refractivity contribution >= 4 is 29.1 Å². The largest absolute Gasteiger partial charge is 0.350 e. The Bertz CT molecular complexity index is 409. The van der Waals surface area contributed by atoms with Crippen molar-refractivity contribution in [3.8, 4) is 0 Å². The van der Waals surface area contributed by atoms with Gasteiger partial charge in [0.05, 0.1) is 10.9 Å². The molecule has 0 radical (unpaired) electrons. The van der Waals surface area contributed by atoms with Crippen molar-refractivity contribution < 1.29 is 9.18 Å². The lowest BCUT2D eigenvalue weighted by Gasteiger charge is -2.14. The van der Waals surface area contributed by atoms with Crippen LogP contribution < -0.4 is 5.32 Å². The highest BCUT2D eigenvalue weighted by Gasteiger charge is 2.15. The van der Waals surface area contributed by atoms with E-state index in [1.165, 1.54) is 12.1 Å². The van der Waals surface area contributed by atoms with Gasteiger partial charge >= 0.3 is 0 Å². The van der Waals surface area contributed by atoms with Crippen molar-refractivity contribution in [2.75, 3.05) is 6.54 Å². The van der Waals surface area contributed by atoms with Gasteiger partial charge in [-0.2, -0.15) is 0 Å². The maximum atomic E-state index is 13.4. The number of nitrogens with one attached hydrogen (secondary N) is 1. The first-order chi connectivity index (χ1) is 7.91. The van der Waals surface area contributed by atoms with Gasteiger partial charge in [-0.25, -0.2) is 4.39 Å². The molecule has 0 fully saturated rings. The lowest BCUT2D eigenvalue weighted by Crippen LogP contribution is -2.32. The predicted octanol–water partition coefficient (Wildman–Crippen LogP) is 3.47. The van der Waals surface area contributed by atoms with Crippen LogP contribution in [0.2, 0.25) is 5.02 Å². The van der Waals surface area contributed by atoms with Crippen molar-refractivity contribution in [1.82, 2.24) is 5.32 Å². The Hall–Kier alpha value is -0.800. The molecule has 1 N–H and O–H groups in total. The van der Waals surface area contributed by atoms with Crippen LogP contribution in [0, 0.1) is 11.7 Å². The average molecular weight is 278 g/mol. The fraction of sp³-hybridized carbons (Fsp3) is 0.417. The number of amides is 1. The first-order valence-electron chi connectivity index (χ1n) is 5.29. The monoisotopic (exact) mass is 277 g/mol. The summed E-state index contributed by atoms with van der Waals surface area (Å²) in [6.45, 7) is 4.19. The molecule has 0 saturated heterocycles. The highest BCUT2D eigenvalue weighted by atomic mass is 35.5. The first kappa shape index (κ1) is 14.3. The molecule has 5 heteroatoms. The van der Waals surface area contributed by atoms with Crippen molar-refractivity contribution in [3.63, 3.8) is 0 Å². The molecule has 1 atom stereocenters. The Labute approximate surface area is 110 Å². The maximum absolute atomic E-state index is 13.4. The fourth-order valence-electron chi connectivity index (χ4n) is 1.19. The molecule has 1 rings (SSSR count). The van der Waals surface area contributed by atoms with Crippen molar-refractivity contribution in [2.45, 2.75) is 19.2 Å². The van der Waals surface area contributed by atoms with E-state index in [0.717, 1.165) is 6.07 Å². The summed E-state index contributed by atoms with van der Waals surface area (Å²) in [5.74, 6) is -0.861. The summed E-state index contributed by atoms with van der Waals surface area (Å²) < 4.78 is 13.4. The lowest BCUT2D eigenvalue weighted by molar-refractivity contribution is 0.0948. The number of alkyl halides is 1. The molecule has 1 aromatic carbocycles. The molecule has 0 aliphatic carbocycles. The number of hydrogen-bond acceptors (Lipinski definition) is 1. The van der Waals surface area contributed by atoms with Gasteiger partial charge in [0.2, 0.25) is 0 Å². The van der Waals surface area contributed by atoms with Crippen LogP contribution in [0.25, 0.3) is 0 Å². The summed E-state index contributed by atoms with van der Waals surface area (Å²) in [6.07, 6.45) is 0. The maximum Gasteiger partial charge on any atom is 0.254 e. The molecule has 0 saturated carbocycles. The minimum absolute atomic E-state index is 0.0647. The van der Waals surface area contributed by atoms with Crippen LogP contribution in [0.5, 0.6) is 0 Å². The minimum Gasteiger partial charge on any atom is -0.350 e. The normalized spacial score (nSPS) is 12.6. The van der Waals surface area contributed by atoms with Crippen LogP contribution in [0.15, 0.2) is 18.2 Å². The SMILES string of the molecule is CC(C)C(Cl)CNC(=O)c1cc(Cl)ccc1F. The van der Waals surface area contributed by atoms with Crippen LogP contribution in [0.1, 0.15) is 24.2 Å². The Morgan fingerprint density at radius 2 is 2.12 bits per heavy atom. The molecule has 1 aromatic rings. The van der Waals surface area contributed by atoms with E-state index >= 15 is 0 Å². The summed E-state index contributed by atoms with van der Waals surface area (Å²) in [6, 6.07) is 3.86. The molecular formula is C12H14Cl2FNO. The zero-order valence-electron chi connectivity index (χ0n) is 9.64. The van der Waals surface area contributed by atoms with Crippen LogP contribution in [0.3, 0.4) is 0 Å². The fourth-order valence-corrected chi connectivity index (χ4v) is 1.44. The quantitative estimate of drug-likeness (QED) is 0.839. The van der Waals surface area contributed by atoms with Crippen molar-refractivity contribution in [1.29, 1.82) is 0 Å². The van der Waals surface area contributed by atoms with E-state index in [9.17, 15) is 9.18 Å². The van der Waals surface area contributed by atoms with Gasteiger partial charge in [0.1, 0.15) is 5.82 Å². The Balaban J connectivity index is 2.67. The summed E-state index contributed by atoms with van der Waals surface area (Å²) in [5, 5.41) is 2.72. The molecule has 94 valence electrons. The van der Waals surface area contributed by atoms with Gasteiger partial charge in [0, 0.05) is 11.6 Å². The van der Waals surface area contributed by atoms with E-state index in [4.69, 9.17) is 23.2 Å². The summed E-state index contributed by atoms with van der Waals surface area (Å²) >= 11 is 11.7. The summed E-state index contributed by atoms with van der Waals surface area (Å²) in [5.41, 5.74) is -0.0647. The number of benzene rings is 1. The Morgan fingerprint density at radius 3 is 2.71 bits per heavy atom. The summed E-state index contributed by atoms with van der Waals surface area (Å²) in [7, 11) is 0. The van der Waals surface area contributed by atoms with Gasteiger partial charge in [-0.1, -0.05) is 25.4 Å². The van der Waals surface area contributed by atoms with Crippen molar-refractivity contribution in [2.24, 2.45) is 5.92 Å². The number of rotatable bonds is 4. The Kier molecular flexibility index (Phi) is 5.22. The van der Waals surface area contributed by atoms with Crippen molar-refractivity contribution in [3.05, 3.63) is 34.6 Å². The second kappa shape index (κ2) is 6.22. The summed E-state index contributed by atoms with van der Waals surface area (Å²) in [4.78, 5) is 11.7. The van der Waals surface area contributed by atoms with Gasteiger partial charge in [-0.15, -0.1) is 11.6 Å². The third kappa shape index (κ3) is 4.17. The minimum atomic E-state index is -0.595. The molecule has 0 aromatic heterocycles. The number of carbonyl (C=O) groups is 1. The molecule has 0 heterocycles. The van der Waals surface area contributed by atoms with Gasteiger partial charge < -0.3 is 5.32 Å². The number of carbonyl (C=O) groups excluding carboxylic acids is 1. The zero-order chi connectivity index (χ0) is 13.0. The molecule has 0 spiro atoms. The molecular weight excluding hydrogens is 264 g/mol. The van der Waals surface area contributed by atoms with E-state index in [1.807, 2.05) is 13.8 Å². The third-order valence-corrected chi connectivity index (χ3v) is 3.25. The lowest BCUT2D eigenvalue weighted by atomic mass is 10.1. The van der Waals surface area contributed by atoms with Crippen LogP contribution in [-0.2, 0) is 0 Å². The van der Waals surface area contributed by atoms with Gasteiger partial charge in [-0.3, -0.25) is 4.79 Å². The number of hydrogen-bond donors (Lipinski definition) is 1. The van der Waals surface area contributed by atoms with E-state index in [1.54, 1.807) is 0 Å². The third-order valence-electron chi connectivity index (χ3n) is 2.35. The number of halogens is 3. The molecule has 1 unspecified atom stereocenters. The zero-order valence-corrected chi connectivity index (χ0v) is 11.1. The molecule has 2 nitrogen and oxygen atoms in total. The smallest absolute Gasteiger partial charge is 0.254 e. The topological polar surface area (TPSA) is 29.1 Å². The predicted molar refractivity (Wildman–Crippen MR) is 68.2 cm³/mol. The van der Waals surface area contributed by atoms with Gasteiger partial charge in [-0.05, 0) is 24.1 Å². The average Bonchev–Trinajstić information content (AvgIpc) is 2.28. The van der Waals surface area contributed by atoms with E-state index < -0.39 is 11.7 Å². The van der Waals surface area contributed by atoms with E-state index in [0.29, 0.717) is 11.6 Å². The molecule has 0 aliphatic rings. The highest BCUT2D eigenvalue weighted by molar-refractivity contribution is 6.31.